The Labute approximate surface area is 102 Å². The molecule has 0 bridgehead atoms. The van der Waals surface area contributed by atoms with Crippen LogP contribution in [0.25, 0.3) is 0 Å². The number of aliphatic imine (C=N–C) groups is 1. The van der Waals surface area contributed by atoms with Gasteiger partial charge in [0.2, 0.25) is 0 Å². The van der Waals surface area contributed by atoms with Gasteiger partial charge in [-0.25, -0.2) is 0 Å². The van der Waals surface area contributed by atoms with Crippen molar-refractivity contribution in [1.82, 2.24) is 5.32 Å². The molecule has 0 saturated heterocycles. The van der Waals surface area contributed by atoms with Crippen molar-refractivity contribution >= 4 is 5.84 Å². The molecule has 0 radical (unpaired) electrons. The maximum Gasteiger partial charge on any atom is 0.182 e. The fourth-order valence-corrected chi connectivity index (χ4v) is 1.67. The zero-order chi connectivity index (χ0) is 12.7. The average molecular weight is 231 g/mol. The summed E-state index contributed by atoms with van der Waals surface area (Å²) in [5, 5.41) is 11.1. The van der Waals surface area contributed by atoms with E-state index in [1.54, 1.807) is 14.0 Å². The van der Waals surface area contributed by atoms with Crippen molar-refractivity contribution in [3.05, 3.63) is 29.8 Å². The van der Waals surface area contributed by atoms with Gasteiger partial charge < -0.3 is 4.74 Å². The van der Waals surface area contributed by atoms with Crippen LogP contribution >= 0.6 is 0 Å². The predicted octanol–water partition coefficient (Wildman–Crippen LogP) is 2.64. The van der Waals surface area contributed by atoms with E-state index in [1.807, 2.05) is 30.5 Å². The van der Waals surface area contributed by atoms with E-state index in [2.05, 4.69) is 17.2 Å². The average Bonchev–Trinajstić information content (AvgIpc) is 2.36. The van der Waals surface area contributed by atoms with Gasteiger partial charge in [0.05, 0.1) is 13.2 Å². The number of amidine groups is 1. The second-order valence-corrected chi connectivity index (χ2v) is 3.62. The quantitative estimate of drug-likeness (QED) is 0.375. The van der Waals surface area contributed by atoms with Crippen LogP contribution < -0.4 is 10.1 Å². The molecule has 0 unspecified atom stereocenters. The Morgan fingerprint density at radius 3 is 2.82 bits per heavy atom. The lowest BCUT2D eigenvalue weighted by atomic mass is 10.0. The van der Waals surface area contributed by atoms with E-state index in [1.165, 1.54) is 0 Å². The highest BCUT2D eigenvalue weighted by atomic mass is 16.5. The minimum Gasteiger partial charge on any atom is -0.496 e. The van der Waals surface area contributed by atoms with Crippen LogP contribution in [-0.2, 0) is 0 Å². The minimum atomic E-state index is 0.00648. The van der Waals surface area contributed by atoms with Crippen LogP contribution in [-0.4, -0.2) is 12.9 Å². The van der Waals surface area contributed by atoms with Gasteiger partial charge in [0, 0.05) is 5.56 Å². The first-order valence-corrected chi connectivity index (χ1v) is 5.55. The first kappa shape index (κ1) is 13.0. The number of methoxy groups -OCH3 is 1. The van der Waals surface area contributed by atoms with Gasteiger partial charge in [-0.3, -0.25) is 10.3 Å². The lowest BCUT2D eigenvalue weighted by molar-refractivity contribution is 0.405. The summed E-state index contributed by atoms with van der Waals surface area (Å²) in [5.74, 6) is 1.44. The molecular formula is C13H17N3O. The zero-order valence-electron chi connectivity index (χ0n) is 10.4. The number of hydrogen-bond acceptors (Lipinski definition) is 3. The van der Waals surface area contributed by atoms with E-state index in [4.69, 9.17) is 10.00 Å². The van der Waals surface area contributed by atoms with Crippen LogP contribution in [0.2, 0.25) is 0 Å². The summed E-state index contributed by atoms with van der Waals surface area (Å²) in [6.07, 6.45) is 2.72. The molecule has 1 atom stereocenters. The summed E-state index contributed by atoms with van der Waals surface area (Å²) in [6, 6.07) is 7.81. The fraction of sp³-hybridized carbons (Fsp3) is 0.385. The predicted molar refractivity (Wildman–Crippen MR) is 67.9 cm³/mol. The smallest absolute Gasteiger partial charge is 0.182 e. The molecule has 0 aliphatic carbocycles. The molecule has 0 fully saturated rings. The molecule has 1 rings (SSSR count). The van der Waals surface area contributed by atoms with E-state index in [0.29, 0.717) is 5.84 Å². The third kappa shape index (κ3) is 3.49. The lowest BCUT2D eigenvalue weighted by Gasteiger charge is -2.15. The molecule has 0 heterocycles. The van der Waals surface area contributed by atoms with Gasteiger partial charge in [-0.1, -0.05) is 25.1 Å². The summed E-state index contributed by atoms with van der Waals surface area (Å²) >= 11 is 0. The molecule has 0 amide bonds. The van der Waals surface area contributed by atoms with Crippen molar-refractivity contribution in [2.75, 3.05) is 7.11 Å². The summed E-state index contributed by atoms with van der Waals surface area (Å²) in [7, 11) is 1.65. The van der Waals surface area contributed by atoms with E-state index < -0.39 is 0 Å². The topological polar surface area (TPSA) is 57.4 Å². The highest BCUT2D eigenvalue weighted by molar-refractivity contribution is 5.81. The Bertz CT molecular complexity index is 435. The molecule has 0 aliphatic heterocycles. The highest BCUT2D eigenvalue weighted by Gasteiger charge is 2.12. The van der Waals surface area contributed by atoms with Crippen LogP contribution in [0.4, 0.5) is 0 Å². The van der Waals surface area contributed by atoms with Crippen LogP contribution in [0.1, 0.15) is 31.9 Å². The fourth-order valence-electron chi connectivity index (χ4n) is 1.67. The molecule has 0 aromatic heterocycles. The maximum atomic E-state index is 8.53. The van der Waals surface area contributed by atoms with Crippen molar-refractivity contribution in [3.63, 3.8) is 0 Å². The molecule has 17 heavy (non-hydrogen) atoms. The molecule has 4 nitrogen and oxygen atoms in total. The van der Waals surface area contributed by atoms with Gasteiger partial charge in [-0.2, -0.15) is 5.26 Å². The summed E-state index contributed by atoms with van der Waals surface area (Å²) in [4.78, 5) is 4.47. The van der Waals surface area contributed by atoms with E-state index in [-0.39, 0.29) is 6.04 Å². The second-order valence-electron chi connectivity index (χ2n) is 3.62. The molecule has 4 heteroatoms. The van der Waals surface area contributed by atoms with Gasteiger partial charge in [-0.15, -0.1) is 0 Å². The second kappa shape index (κ2) is 6.54. The molecule has 90 valence electrons. The third-order valence-corrected chi connectivity index (χ3v) is 2.47. The molecule has 0 aliphatic rings. The number of hydrogen-bond donors (Lipinski definition) is 1. The number of para-hydroxylation sites is 1. The van der Waals surface area contributed by atoms with Gasteiger partial charge in [-0.05, 0) is 19.4 Å². The number of benzene rings is 1. The monoisotopic (exact) mass is 231 g/mol. The largest absolute Gasteiger partial charge is 0.496 e. The molecule has 1 aromatic rings. The number of rotatable bonds is 4. The molecule has 0 spiro atoms. The summed E-state index contributed by atoms with van der Waals surface area (Å²) in [5.41, 5.74) is 1.04. The normalized spacial score (nSPS) is 12.7. The van der Waals surface area contributed by atoms with Gasteiger partial charge in [0.15, 0.2) is 6.19 Å². The minimum absolute atomic E-state index is 0.00648. The van der Waals surface area contributed by atoms with E-state index >= 15 is 0 Å². The number of nitrogens with zero attached hydrogens (tertiary/aromatic N) is 2. The Morgan fingerprint density at radius 2 is 2.24 bits per heavy atom. The van der Waals surface area contributed by atoms with Crippen LogP contribution in [0.5, 0.6) is 5.75 Å². The first-order valence-electron chi connectivity index (χ1n) is 5.55. The van der Waals surface area contributed by atoms with Gasteiger partial charge in [0.1, 0.15) is 11.6 Å². The highest BCUT2D eigenvalue weighted by Crippen LogP contribution is 2.29. The maximum absolute atomic E-state index is 8.53. The third-order valence-electron chi connectivity index (χ3n) is 2.47. The Morgan fingerprint density at radius 1 is 1.53 bits per heavy atom. The van der Waals surface area contributed by atoms with Crippen LogP contribution in [0, 0.1) is 11.5 Å². The van der Waals surface area contributed by atoms with Crippen molar-refractivity contribution in [2.24, 2.45) is 4.99 Å². The summed E-state index contributed by atoms with van der Waals surface area (Å²) in [6.45, 7) is 3.83. The van der Waals surface area contributed by atoms with Crippen molar-refractivity contribution < 1.29 is 4.74 Å². The summed E-state index contributed by atoms with van der Waals surface area (Å²) < 4.78 is 5.31. The van der Waals surface area contributed by atoms with Crippen molar-refractivity contribution in [3.8, 4) is 11.9 Å². The Hall–Kier alpha value is -2.02. The number of nitrogens with one attached hydrogen (secondary N) is 1. The van der Waals surface area contributed by atoms with Crippen molar-refractivity contribution in [2.45, 2.75) is 26.3 Å². The number of nitriles is 1. The van der Waals surface area contributed by atoms with E-state index in [9.17, 15) is 0 Å². The molecule has 0 saturated carbocycles. The number of ether oxygens (including phenoxy) is 1. The van der Waals surface area contributed by atoms with Crippen LogP contribution in [0.15, 0.2) is 29.3 Å². The lowest BCUT2D eigenvalue weighted by Crippen LogP contribution is -2.15. The van der Waals surface area contributed by atoms with Gasteiger partial charge >= 0.3 is 0 Å². The first-order chi connectivity index (χ1) is 8.22. The molecule has 1 N–H and O–H groups in total. The van der Waals surface area contributed by atoms with Crippen LogP contribution in [0.3, 0.4) is 0 Å². The van der Waals surface area contributed by atoms with Gasteiger partial charge in [0.25, 0.3) is 0 Å². The van der Waals surface area contributed by atoms with E-state index in [0.717, 1.165) is 17.7 Å². The molecular weight excluding hydrogens is 214 g/mol. The Kier molecular flexibility index (Phi) is 5.02. The molecule has 1 aromatic carbocycles. The zero-order valence-corrected chi connectivity index (χ0v) is 10.4. The standard InChI is InChI=1S/C13H17N3O/c1-4-12(16-10(2)15-9-14)11-7-5-6-8-13(11)17-3/h5-8,12H,4H2,1-3H3,(H,15,16)/t12-/m0/s1. The Balaban J connectivity index is 3.02. The SMILES string of the molecule is CC[C@H](N=C(C)NC#N)c1ccccc1OC. The van der Waals surface area contributed by atoms with Crippen molar-refractivity contribution in [1.29, 1.82) is 5.26 Å².